The molecule has 24 nitrogen and oxygen atoms in total. The Balaban J connectivity index is 0.000000132. The van der Waals surface area contributed by atoms with Gasteiger partial charge < -0.3 is 43.2 Å². The zero-order valence-corrected chi connectivity index (χ0v) is 84.0. The number of carboxylic acids is 3. The summed E-state index contributed by atoms with van der Waals surface area (Å²) >= 11 is 26.2. The van der Waals surface area contributed by atoms with E-state index in [9.17, 15) is 29.7 Å². The van der Waals surface area contributed by atoms with Crippen LogP contribution in [0.3, 0.4) is 0 Å². The minimum Gasteiger partial charge on any atom is -0.493 e. The highest BCUT2D eigenvalue weighted by Gasteiger charge is 2.33. The minimum atomic E-state index is -0.960. The van der Waals surface area contributed by atoms with E-state index >= 15 is 0 Å². The predicted molar refractivity (Wildman–Crippen MR) is 556 cm³/mol. The Kier molecular flexibility index (Phi) is 27.1. The summed E-state index contributed by atoms with van der Waals surface area (Å²) in [6, 6.07) is 56.1. The molecule has 0 saturated heterocycles. The maximum absolute atomic E-state index is 12.7. The highest BCUT2D eigenvalue weighted by atomic mass is 35.5. The Morgan fingerprint density at radius 3 is 0.877 bits per heavy atom. The lowest BCUT2D eigenvalue weighted by Gasteiger charge is -2.14. The van der Waals surface area contributed by atoms with Crippen LogP contribution in [0.15, 0.2) is 164 Å². The number of nitrogens with zero attached hydrogens (tertiary/aromatic N) is 15. The van der Waals surface area contributed by atoms with Crippen LogP contribution in [0.4, 0.5) is 0 Å². The van der Waals surface area contributed by atoms with Gasteiger partial charge in [0.1, 0.15) is 34.3 Å². The lowest BCUT2D eigenvalue weighted by molar-refractivity contribution is 0.0673. The first-order valence-electron chi connectivity index (χ1n) is 46.6. The fourth-order valence-corrected chi connectivity index (χ4v) is 23.9. The fourth-order valence-electron chi connectivity index (χ4n) is 20.6. The number of aromatic nitrogens is 15. The molecule has 0 fully saturated rings. The number of hydrogen-bond acceptors (Lipinski definition) is 15. The molecular formula is C108H108Cl3N15O9S3. The van der Waals surface area contributed by atoms with Crippen molar-refractivity contribution in [3.8, 4) is 50.6 Å². The average Bonchev–Trinajstić information content (AvgIpc) is 1.58. The van der Waals surface area contributed by atoms with E-state index in [4.69, 9.17) is 79.6 Å². The van der Waals surface area contributed by atoms with Crippen LogP contribution in [-0.4, -0.2) is 125 Å². The number of aromatic carboxylic acids is 3. The van der Waals surface area contributed by atoms with Gasteiger partial charge in [0.05, 0.1) is 54.0 Å². The van der Waals surface area contributed by atoms with Gasteiger partial charge in [-0.15, -0.1) is 35.3 Å². The van der Waals surface area contributed by atoms with Gasteiger partial charge in [-0.2, -0.15) is 30.6 Å². The third kappa shape index (κ3) is 18.3. The van der Waals surface area contributed by atoms with E-state index in [-0.39, 0.29) is 17.1 Å². The highest BCUT2D eigenvalue weighted by molar-refractivity contribution is 7.98. The number of aryl methyl sites for hydroxylation is 18. The zero-order valence-electron chi connectivity index (χ0n) is 79.3. The Labute approximate surface area is 827 Å². The summed E-state index contributed by atoms with van der Waals surface area (Å²) in [4.78, 5) is 38.2. The van der Waals surface area contributed by atoms with Crippen LogP contribution in [0.25, 0.3) is 98.4 Å². The first-order chi connectivity index (χ1) is 66.6. The summed E-state index contributed by atoms with van der Waals surface area (Å²) in [5.74, 6) is 3.89. The number of carbonyl (C=O) groups is 3. The van der Waals surface area contributed by atoms with E-state index in [2.05, 4.69) is 109 Å². The van der Waals surface area contributed by atoms with Gasteiger partial charge in [-0.05, 0) is 222 Å². The molecule has 0 aliphatic carbocycles. The lowest BCUT2D eigenvalue weighted by Crippen LogP contribution is -2.12. The molecule has 18 aromatic rings. The summed E-state index contributed by atoms with van der Waals surface area (Å²) in [6.45, 7) is 14.6. The first-order valence-corrected chi connectivity index (χ1v) is 51.2. The zero-order chi connectivity index (χ0) is 96.3. The minimum absolute atomic E-state index is 0.275. The largest absolute Gasteiger partial charge is 0.493 e. The van der Waals surface area contributed by atoms with Gasteiger partial charge >= 0.3 is 17.9 Å². The third-order valence-corrected chi connectivity index (χ3v) is 31.3. The monoisotopic (exact) mass is 1960 g/mol. The van der Waals surface area contributed by atoms with E-state index in [1.807, 2.05) is 180 Å². The van der Waals surface area contributed by atoms with Crippen molar-refractivity contribution in [1.82, 2.24) is 72.4 Å². The molecule has 21 rings (SSSR count). The number of carboxylic acid groups (broad SMARTS) is 3. The van der Waals surface area contributed by atoms with E-state index in [1.54, 1.807) is 35.3 Å². The molecule has 12 heterocycles. The normalized spacial score (nSPS) is 14.3. The van der Waals surface area contributed by atoms with Gasteiger partial charge in [-0.1, -0.05) is 126 Å². The van der Waals surface area contributed by atoms with Crippen LogP contribution in [0, 0.1) is 41.5 Å². The van der Waals surface area contributed by atoms with Crippen LogP contribution in [0.1, 0.15) is 152 Å². The standard InChI is InChI=1S/3C36H36ClN5O3S/c3*1-21-32-30-13-12-28(37)34(32)33-22(2)40(3)39-29(33)20-46-19-25-18-26(41(4)38-25)11-10-23-16-24-8-5-6-9-27(24)31(17-23)45-15-7-14-42(30)35(21)36(43)44/h3*5-6,8-9,12-13,16-18H,7,10-11,14-15,19-20H2,1-4H3,(H,43,44). The van der Waals surface area contributed by atoms with Gasteiger partial charge in [0.2, 0.25) is 0 Å². The quantitative estimate of drug-likeness (QED) is 0.148. The molecule has 0 saturated carbocycles. The first kappa shape index (κ1) is 94.3. The number of benzene rings is 9. The molecule has 138 heavy (non-hydrogen) atoms. The molecule has 3 N–H and O–H groups in total. The van der Waals surface area contributed by atoms with Crippen LogP contribution in [-0.2, 0) is 135 Å². The van der Waals surface area contributed by atoms with Gasteiger partial charge in [0, 0.05) is 228 Å². The van der Waals surface area contributed by atoms with Crippen molar-refractivity contribution in [1.29, 1.82) is 0 Å². The Bertz CT molecular complexity index is 7150. The SMILES string of the molecule is Cc1c(C(=O)O)n2c3ccc(Cl)c(c13)-c1c(nn(C)c1C)CSCc1cc(n(C)n1)CCc1cc(c3ccccc3c1)OCCC2.Cc1c(C(=O)O)n2c3ccc(Cl)c(c13)-c1c(nn(C)c1C)CSCc1cc(n(C)n1)CCc1cc(c3ccccc3c1)OCCC2.Cc1c(C(=O)O)n2c3ccc(Cl)c(c13)-c1c(nn(C)c1C)CSCc1cc(n(C)n1)CCc1cc(c3ccccc3c1)OCCC2. The average molecular weight is 1960 g/mol. The van der Waals surface area contributed by atoms with Gasteiger partial charge in [0.25, 0.3) is 0 Å². The molecular weight excluding hydrogens is 1850 g/mol. The van der Waals surface area contributed by atoms with Gasteiger partial charge in [-0.25, -0.2) is 14.4 Å². The lowest BCUT2D eigenvalue weighted by atomic mass is 9.97. The van der Waals surface area contributed by atoms with Crippen molar-refractivity contribution >= 4 is 153 Å². The number of halogens is 3. The number of hydrogen-bond donors (Lipinski definition) is 3. The van der Waals surface area contributed by atoms with Crippen LogP contribution >= 0.6 is 70.1 Å². The van der Waals surface area contributed by atoms with Crippen LogP contribution in [0.2, 0.25) is 15.1 Å². The van der Waals surface area contributed by atoms with Crippen LogP contribution < -0.4 is 14.2 Å². The summed E-state index contributed by atoms with van der Waals surface area (Å²) < 4.78 is 36.7. The molecule has 0 radical (unpaired) electrons. The summed E-state index contributed by atoms with van der Waals surface area (Å²) in [5.41, 5.74) is 26.9. The molecule has 3 aliphatic rings. The van der Waals surface area contributed by atoms with Crippen molar-refractivity contribution in [2.75, 3.05) is 19.8 Å². The Hall–Kier alpha value is -12.6. The molecule has 9 aromatic carbocycles. The molecule has 0 unspecified atom stereocenters. The van der Waals surface area contributed by atoms with Crippen molar-refractivity contribution in [3.63, 3.8) is 0 Å². The highest BCUT2D eigenvalue weighted by Crippen LogP contribution is 2.49. The molecule has 24 bridgehead atoms. The van der Waals surface area contributed by atoms with Gasteiger partial charge in [0.15, 0.2) is 0 Å². The number of thioether (sulfide) groups is 3. The van der Waals surface area contributed by atoms with E-state index in [0.29, 0.717) is 108 Å². The molecule has 0 atom stereocenters. The van der Waals surface area contributed by atoms with Crippen molar-refractivity contribution in [3.05, 3.63) is 298 Å². The molecule has 0 spiro atoms. The number of ether oxygens (including phenoxy) is 3. The van der Waals surface area contributed by atoms with E-state index in [0.717, 1.165) is 223 Å². The maximum atomic E-state index is 12.7. The Morgan fingerprint density at radius 2 is 0.601 bits per heavy atom. The second-order valence-electron chi connectivity index (χ2n) is 36.1. The molecule has 30 heteroatoms. The molecule has 9 aromatic heterocycles. The van der Waals surface area contributed by atoms with E-state index in [1.165, 1.54) is 33.8 Å². The smallest absolute Gasteiger partial charge is 0.352 e. The number of rotatable bonds is 3. The molecule has 0 amide bonds. The summed E-state index contributed by atoms with van der Waals surface area (Å²) in [6.07, 6.45) is 7.08. The Morgan fingerprint density at radius 1 is 0.326 bits per heavy atom. The van der Waals surface area contributed by atoms with Crippen LogP contribution in [0.5, 0.6) is 17.2 Å². The predicted octanol–water partition coefficient (Wildman–Crippen LogP) is 23.7. The van der Waals surface area contributed by atoms with Crippen molar-refractivity contribution in [2.24, 2.45) is 42.3 Å². The number of fused-ring (bicyclic) bond motifs is 24. The second kappa shape index (κ2) is 39.7. The summed E-state index contributed by atoms with van der Waals surface area (Å²) in [7, 11) is 11.9. The topological polar surface area (TPSA) is 261 Å². The summed E-state index contributed by atoms with van der Waals surface area (Å²) in [5, 5.41) is 71.4. The third-order valence-electron chi connectivity index (χ3n) is 27.4. The molecule has 708 valence electrons. The second-order valence-corrected chi connectivity index (χ2v) is 40.3. The maximum Gasteiger partial charge on any atom is 0.352 e. The van der Waals surface area contributed by atoms with E-state index < -0.39 is 17.9 Å². The van der Waals surface area contributed by atoms with Crippen molar-refractivity contribution < 1.29 is 43.9 Å². The fraction of sp³-hybridized carbons (Fsp3) is 0.306. The van der Waals surface area contributed by atoms with Crippen molar-refractivity contribution in [2.45, 2.75) is 153 Å². The molecule has 3 aliphatic heterocycles. The van der Waals surface area contributed by atoms with Gasteiger partial charge in [-0.3, -0.25) is 28.1 Å².